The fourth-order valence-corrected chi connectivity index (χ4v) is 5.90. The van der Waals surface area contributed by atoms with Crippen molar-refractivity contribution in [2.24, 2.45) is 0 Å². The lowest BCUT2D eigenvalue weighted by molar-refractivity contribution is -0.140. The summed E-state index contributed by atoms with van der Waals surface area (Å²) in [5.74, 6) is 0.170. The molecule has 5 rings (SSSR count). The van der Waals surface area contributed by atoms with Crippen LogP contribution in [-0.4, -0.2) is 79.7 Å². The maximum absolute atomic E-state index is 13.7. The SMILES string of the molecule is CCCCOc1ccc(C(O)=C2C(=O)C(=O)N(CCCN3CCOCC3)C2c2ccc(OCc3ccccc3)c(OC)c2)cc1C. The zero-order valence-corrected chi connectivity index (χ0v) is 27.0. The number of carbonyl (C=O) groups excluding carboxylic acids is 2. The first-order valence-corrected chi connectivity index (χ1v) is 16.1. The van der Waals surface area contributed by atoms with E-state index < -0.39 is 17.7 Å². The third-order valence-electron chi connectivity index (χ3n) is 8.46. The number of likely N-dealkylation sites (tertiary alicyclic amines) is 1. The summed E-state index contributed by atoms with van der Waals surface area (Å²) >= 11 is 0. The highest BCUT2D eigenvalue weighted by Gasteiger charge is 2.46. The Labute approximate surface area is 271 Å². The third-order valence-corrected chi connectivity index (χ3v) is 8.46. The van der Waals surface area contributed by atoms with Gasteiger partial charge in [-0.1, -0.05) is 49.7 Å². The number of ketones is 1. The second-order valence-corrected chi connectivity index (χ2v) is 11.7. The fourth-order valence-electron chi connectivity index (χ4n) is 5.90. The summed E-state index contributed by atoms with van der Waals surface area (Å²) in [5, 5.41) is 11.7. The number of hydrogen-bond donors (Lipinski definition) is 1. The van der Waals surface area contributed by atoms with E-state index in [1.54, 1.807) is 42.3 Å². The fraction of sp³-hybridized carbons (Fsp3) is 0.405. The molecule has 1 amide bonds. The van der Waals surface area contributed by atoms with Crippen LogP contribution in [0, 0.1) is 6.92 Å². The van der Waals surface area contributed by atoms with Crippen molar-refractivity contribution in [3.05, 3.63) is 94.6 Å². The molecule has 2 fully saturated rings. The summed E-state index contributed by atoms with van der Waals surface area (Å²) in [7, 11) is 1.56. The van der Waals surface area contributed by atoms with E-state index in [2.05, 4.69) is 11.8 Å². The molecule has 244 valence electrons. The van der Waals surface area contributed by atoms with Gasteiger partial charge >= 0.3 is 0 Å². The number of rotatable bonds is 14. The lowest BCUT2D eigenvalue weighted by Gasteiger charge is -2.29. The number of Topliss-reactive ketones (excluding diaryl/α,β-unsaturated/α-hetero) is 1. The summed E-state index contributed by atoms with van der Waals surface area (Å²) in [6, 6.07) is 19.8. The van der Waals surface area contributed by atoms with Gasteiger partial charge in [0.25, 0.3) is 11.7 Å². The van der Waals surface area contributed by atoms with Gasteiger partial charge in [-0.05, 0) is 66.8 Å². The standard InChI is InChI=1S/C37H44N2O7/c1-4-5-20-45-30-14-13-29(23-26(30)2)35(40)33-34(39(37(42)36(33)41)17-9-16-38-18-21-44-22-19-38)28-12-15-31(32(24-28)43-3)46-25-27-10-7-6-8-11-27/h6-8,10-15,23-24,34,40H,4-5,9,16-22,25H2,1-3H3. The summed E-state index contributed by atoms with van der Waals surface area (Å²) in [4.78, 5) is 31.1. The molecule has 2 aliphatic heterocycles. The number of aliphatic hydroxyl groups is 1. The third kappa shape index (κ3) is 7.71. The topological polar surface area (TPSA) is 97.8 Å². The molecule has 2 heterocycles. The van der Waals surface area contributed by atoms with Gasteiger partial charge in [-0.2, -0.15) is 0 Å². The number of aliphatic hydroxyl groups excluding tert-OH is 1. The van der Waals surface area contributed by atoms with E-state index in [0.717, 1.165) is 49.4 Å². The van der Waals surface area contributed by atoms with Crippen LogP contribution in [0.5, 0.6) is 17.2 Å². The molecule has 0 aromatic heterocycles. The average Bonchev–Trinajstić information content (AvgIpc) is 3.33. The Morgan fingerprint density at radius 1 is 0.913 bits per heavy atom. The molecule has 1 atom stereocenters. The van der Waals surface area contributed by atoms with Crippen molar-refractivity contribution in [3.8, 4) is 17.2 Å². The van der Waals surface area contributed by atoms with E-state index >= 15 is 0 Å². The maximum Gasteiger partial charge on any atom is 0.295 e. The van der Waals surface area contributed by atoms with Gasteiger partial charge in [0.15, 0.2) is 11.5 Å². The van der Waals surface area contributed by atoms with Crippen molar-refractivity contribution >= 4 is 17.4 Å². The number of morpholine rings is 1. The first-order chi connectivity index (χ1) is 22.4. The van der Waals surface area contributed by atoms with E-state index in [9.17, 15) is 14.7 Å². The Morgan fingerprint density at radius 3 is 2.39 bits per heavy atom. The molecular formula is C37H44N2O7. The predicted octanol–water partition coefficient (Wildman–Crippen LogP) is 5.91. The summed E-state index contributed by atoms with van der Waals surface area (Å²) in [6.45, 7) is 9.12. The Morgan fingerprint density at radius 2 is 1.67 bits per heavy atom. The molecule has 9 nitrogen and oxygen atoms in total. The molecule has 0 spiro atoms. The largest absolute Gasteiger partial charge is 0.507 e. The van der Waals surface area contributed by atoms with E-state index in [4.69, 9.17) is 18.9 Å². The number of carbonyl (C=O) groups is 2. The highest BCUT2D eigenvalue weighted by Crippen LogP contribution is 2.42. The van der Waals surface area contributed by atoms with Gasteiger partial charge in [-0.3, -0.25) is 14.5 Å². The lowest BCUT2D eigenvalue weighted by Crippen LogP contribution is -2.39. The van der Waals surface area contributed by atoms with Crippen LogP contribution in [0.3, 0.4) is 0 Å². The molecule has 0 saturated carbocycles. The van der Waals surface area contributed by atoms with Crippen molar-refractivity contribution < 1.29 is 33.6 Å². The van der Waals surface area contributed by atoms with E-state index in [-0.39, 0.29) is 11.3 Å². The minimum Gasteiger partial charge on any atom is -0.507 e. The number of methoxy groups -OCH3 is 1. The molecular weight excluding hydrogens is 584 g/mol. The lowest BCUT2D eigenvalue weighted by atomic mass is 9.94. The second kappa shape index (κ2) is 15.8. The highest BCUT2D eigenvalue weighted by molar-refractivity contribution is 6.46. The van der Waals surface area contributed by atoms with Crippen molar-refractivity contribution in [3.63, 3.8) is 0 Å². The molecule has 2 saturated heterocycles. The Balaban J connectivity index is 1.47. The van der Waals surface area contributed by atoms with Crippen molar-refractivity contribution in [1.82, 2.24) is 9.80 Å². The van der Waals surface area contributed by atoms with E-state index in [0.29, 0.717) is 62.0 Å². The number of nitrogens with zero attached hydrogens (tertiary/aromatic N) is 2. The predicted molar refractivity (Wildman–Crippen MR) is 176 cm³/mol. The van der Waals surface area contributed by atoms with Crippen LogP contribution >= 0.6 is 0 Å². The van der Waals surface area contributed by atoms with Crippen LogP contribution in [0.1, 0.15) is 54.5 Å². The first kappa shape index (κ1) is 33.0. The average molecular weight is 629 g/mol. The highest BCUT2D eigenvalue weighted by atomic mass is 16.5. The van der Waals surface area contributed by atoms with Crippen LogP contribution in [0.2, 0.25) is 0 Å². The molecule has 3 aromatic rings. The minimum atomic E-state index is -0.803. The summed E-state index contributed by atoms with van der Waals surface area (Å²) in [6.07, 6.45) is 2.63. The van der Waals surface area contributed by atoms with Crippen LogP contribution in [0.15, 0.2) is 72.3 Å². The van der Waals surface area contributed by atoms with Gasteiger partial charge in [0.1, 0.15) is 18.1 Å². The molecule has 0 bridgehead atoms. The second-order valence-electron chi connectivity index (χ2n) is 11.7. The smallest absolute Gasteiger partial charge is 0.295 e. The molecule has 46 heavy (non-hydrogen) atoms. The number of benzene rings is 3. The van der Waals surface area contributed by atoms with Crippen molar-refractivity contribution in [2.45, 2.75) is 45.8 Å². The zero-order chi connectivity index (χ0) is 32.5. The molecule has 3 aromatic carbocycles. The van der Waals surface area contributed by atoms with Crippen LogP contribution in [0.4, 0.5) is 0 Å². The molecule has 1 unspecified atom stereocenters. The Kier molecular flexibility index (Phi) is 11.3. The number of aryl methyl sites for hydroxylation is 1. The number of unbranched alkanes of at least 4 members (excludes halogenated alkanes) is 1. The Bertz CT molecular complexity index is 1530. The normalized spacial score (nSPS) is 18.2. The molecule has 0 radical (unpaired) electrons. The van der Waals surface area contributed by atoms with E-state index in [1.807, 2.05) is 43.3 Å². The van der Waals surface area contributed by atoms with Crippen LogP contribution in [0.25, 0.3) is 5.76 Å². The Hall–Kier alpha value is -4.34. The van der Waals surface area contributed by atoms with Crippen LogP contribution in [-0.2, 0) is 20.9 Å². The van der Waals surface area contributed by atoms with Gasteiger partial charge in [-0.25, -0.2) is 0 Å². The number of hydrogen-bond acceptors (Lipinski definition) is 8. The number of ether oxygens (including phenoxy) is 4. The monoisotopic (exact) mass is 628 g/mol. The van der Waals surface area contributed by atoms with Gasteiger partial charge in [0.05, 0.1) is 38.5 Å². The van der Waals surface area contributed by atoms with Crippen molar-refractivity contribution in [2.75, 3.05) is 53.1 Å². The quantitative estimate of drug-likeness (QED) is 0.102. The van der Waals surface area contributed by atoms with Gasteiger partial charge in [0, 0.05) is 31.7 Å². The van der Waals surface area contributed by atoms with Crippen molar-refractivity contribution in [1.29, 1.82) is 0 Å². The van der Waals surface area contributed by atoms with Gasteiger partial charge in [0.2, 0.25) is 0 Å². The molecule has 1 N–H and O–H groups in total. The minimum absolute atomic E-state index is 0.0513. The zero-order valence-electron chi connectivity index (χ0n) is 27.0. The van der Waals surface area contributed by atoms with E-state index in [1.165, 1.54) is 0 Å². The van der Waals surface area contributed by atoms with Crippen LogP contribution < -0.4 is 14.2 Å². The number of amides is 1. The summed E-state index contributed by atoms with van der Waals surface area (Å²) < 4.78 is 23.1. The molecule has 2 aliphatic rings. The first-order valence-electron chi connectivity index (χ1n) is 16.1. The van der Waals surface area contributed by atoms with Gasteiger partial charge in [-0.15, -0.1) is 0 Å². The molecule has 9 heteroatoms. The molecule has 0 aliphatic carbocycles. The van der Waals surface area contributed by atoms with Gasteiger partial charge < -0.3 is 29.0 Å². The maximum atomic E-state index is 13.7. The summed E-state index contributed by atoms with van der Waals surface area (Å²) in [5.41, 5.74) is 2.99.